The Morgan fingerprint density at radius 3 is 2.95 bits per heavy atom. The Labute approximate surface area is 119 Å². The summed E-state index contributed by atoms with van der Waals surface area (Å²) in [5.74, 6) is 0.974. The van der Waals surface area contributed by atoms with Crippen LogP contribution in [0.1, 0.15) is 10.6 Å². The third-order valence-corrected chi connectivity index (χ3v) is 3.65. The van der Waals surface area contributed by atoms with Crippen LogP contribution in [0.15, 0.2) is 47.1 Å². The zero-order valence-electron chi connectivity index (χ0n) is 10.6. The van der Waals surface area contributed by atoms with Crippen molar-refractivity contribution in [2.24, 2.45) is 0 Å². The average molecular weight is 287 g/mol. The van der Waals surface area contributed by atoms with E-state index in [4.69, 9.17) is 4.42 Å². The molecular weight excluding hydrogens is 274 g/mol. The molecule has 1 aromatic carbocycles. The highest BCUT2D eigenvalue weighted by atomic mass is 32.1. The number of furan rings is 1. The number of carbonyl (C=O) groups excluding carboxylic acids is 1. The van der Waals surface area contributed by atoms with Gasteiger partial charge in [0.15, 0.2) is 5.76 Å². The third kappa shape index (κ3) is 2.65. The summed E-state index contributed by atoms with van der Waals surface area (Å²) in [7, 11) is 0. The number of carbonyl (C=O) groups is 1. The molecule has 5 nitrogen and oxygen atoms in total. The molecule has 0 aliphatic carbocycles. The second-order valence-corrected chi connectivity index (χ2v) is 4.99. The van der Waals surface area contributed by atoms with Gasteiger partial charge in [0.2, 0.25) is 0 Å². The van der Waals surface area contributed by atoms with Crippen LogP contribution < -0.4 is 10.6 Å². The Bertz CT molecular complexity index is 706. The molecule has 0 saturated heterocycles. The maximum atomic E-state index is 11.6. The Morgan fingerprint density at radius 1 is 1.20 bits per heavy atom. The number of anilines is 1. The fourth-order valence-corrected chi connectivity index (χ4v) is 2.62. The van der Waals surface area contributed by atoms with Gasteiger partial charge >= 0.3 is 0 Å². The Kier molecular flexibility index (Phi) is 3.64. The third-order valence-electron chi connectivity index (χ3n) is 2.83. The second kappa shape index (κ2) is 5.75. The molecule has 0 spiro atoms. The molecule has 0 fully saturated rings. The second-order valence-electron chi connectivity index (χ2n) is 4.19. The van der Waals surface area contributed by atoms with Gasteiger partial charge in [-0.1, -0.05) is 12.1 Å². The first-order valence-electron chi connectivity index (χ1n) is 6.24. The maximum Gasteiger partial charge on any atom is 0.287 e. The van der Waals surface area contributed by atoms with Gasteiger partial charge in [-0.15, -0.1) is 0 Å². The van der Waals surface area contributed by atoms with E-state index in [0.717, 1.165) is 15.9 Å². The molecule has 0 atom stereocenters. The lowest BCUT2D eigenvalue weighted by molar-refractivity contribution is 0.0927. The zero-order chi connectivity index (χ0) is 13.8. The van der Waals surface area contributed by atoms with Crippen molar-refractivity contribution in [3.63, 3.8) is 0 Å². The summed E-state index contributed by atoms with van der Waals surface area (Å²) in [6.07, 6.45) is 1.48. The van der Waals surface area contributed by atoms with Crippen LogP contribution >= 0.6 is 11.5 Å². The molecule has 2 aromatic heterocycles. The van der Waals surface area contributed by atoms with Gasteiger partial charge < -0.3 is 15.1 Å². The van der Waals surface area contributed by atoms with Crippen molar-refractivity contribution in [2.45, 2.75) is 0 Å². The van der Waals surface area contributed by atoms with Crippen LogP contribution in [0.3, 0.4) is 0 Å². The van der Waals surface area contributed by atoms with Crippen molar-refractivity contribution >= 4 is 33.3 Å². The number of benzene rings is 1. The molecule has 2 N–H and O–H groups in total. The molecule has 0 radical (unpaired) electrons. The summed E-state index contributed by atoms with van der Waals surface area (Å²) in [5, 5.41) is 7.10. The van der Waals surface area contributed by atoms with E-state index < -0.39 is 0 Å². The minimum Gasteiger partial charge on any atom is -0.459 e. The quantitative estimate of drug-likeness (QED) is 0.708. The molecule has 3 rings (SSSR count). The van der Waals surface area contributed by atoms with Crippen molar-refractivity contribution < 1.29 is 9.21 Å². The SMILES string of the molecule is O=C(NCCNc1nsc2ccccc12)c1ccco1. The van der Waals surface area contributed by atoms with Gasteiger partial charge in [-0.3, -0.25) is 4.79 Å². The Balaban J connectivity index is 1.52. The van der Waals surface area contributed by atoms with Gasteiger partial charge in [0.1, 0.15) is 5.82 Å². The minimum absolute atomic E-state index is 0.208. The smallest absolute Gasteiger partial charge is 0.287 e. The van der Waals surface area contributed by atoms with Crippen molar-refractivity contribution in [1.82, 2.24) is 9.69 Å². The van der Waals surface area contributed by atoms with E-state index in [9.17, 15) is 4.79 Å². The summed E-state index contributed by atoms with van der Waals surface area (Å²) in [6, 6.07) is 11.4. The minimum atomic E-state index is -0.208. The summed E-state index contributed by atoms with van der Waals surface area (Å²) in [6.45, 7) is 1.12. The summed E-state index contributed by atoms with van der Waals surface area (Å²) in [4.78, 5) is 11.6. The highest BCUT2D eigenvalue weighted by Gasteiger charge is 2.07. The fraction of sp³-hybridized carbons (Fsp3) is 0.143. The summed E-state index contributed by atoms with van der Waals surface area (Å²) in [5.41, 5.74) is 0. The van der Waals surface area contributed by atoms with Gasteiger partial charge in [0.25, 0.3) is 5.91 Å². The Morgan fingerprint density at radius 2 is 2.10 bits per heavy atom. The lowest BCUT2D eigenvalue weighted by Gasteiger charge is -2.05. The number of nitrogens with one attached hydrogen (secondary N) is 2. The molecule has 0 aliphatic rings. The van der Waals surface area contributed by atoms with Crippen molar-refractivity contribution in [2.75, 3.05) is 18.4 Å². The number of nitrogens with zero attached hydrogens (tertiary/aromatic N) is 1. The van der Waals surface area contributed by atoms with Crippen molar-refractivity contribution in [3.05, 3.63) is 48.4 Å². The van der Waals surface area contributed by atoms with Crippen LogP contribution in [-0.4, -0.2) is 23.4 Å². The molecule has 0 bridgehead atoms. The summed E-state index contributed by atoms with van der Waals surface area (Å²) < 4.78 is 10.5. The number of amides is 1. The molecule has 0 unspecified atom stereocenters. The van der Waals surface area contributed by atoms with E-state index in [1.807, 2.05) is 24.3 Å². The fourth-order valence-electron chi connectivity index (χ4n) is 1.87. The van der Waals surface area contributed by atoms with Gasteiger partial charge in [0.05, 0.1) is 11.0 Å². The average Bonchev–Trinajstić information content (AvgIpc) is 3.13. The van der Waals surface area contributed by atoms with E-state index in [1.54, 1.807) is 12.1 Å². The predicted octanol–water partition coefficient (Wildman–Crippen LogP) is 2.73. The predicted molar refractivity (Wildman–Crippen MR) is 79.2 cm³/mol. The lowest BCUT2D eigenvalue weighted by Crippen LogP contribution is -2.28. The molecule has 102 valence electrons. The van der Waals surface area contributed by atoms with Crippen LogP contribution in [0, 0.1) is 0 Å². The molecule has 0 saturated carbocycles. The topological polar surface area (TPSA) is 67.2 Å². The standard InChI is InChI=1S/C14H13N3O2S/c18-14(11-5-3-9-19-11)16-8-7-15-13-10-4-1-2-6-12(10)20-17-13/h1-6,9H,7-8H2,(H,15,17)(H,16,18). The number of aromatic nitrogens is 1. The molecule has 0 aliphatic heterocycles. The normalized spacial score (nSPS) is 10.6. The van der Waals surface area contributed by atoms with Crippen molar-refractivity contribution in [3.8, 4) is 0 Å². The van der Waals surface area contributed by atoms with Crippen LogP contribution in [0.5, 0.6) is 0 Å². The molecule has 6 heteroatoms. The van der Waals surface area contributed by atoms with E-state index in [-0.39, 0.29) is 5.91 Å². The van der Waals surface area contributed by atoms with Crippen LogP contribution in [0.25, 0.3) is 10.1 Å². The first-order chi connectivity index (χ1) is 9.84. The summed E-state index contributed by atoms with van der Waals surface area (Å²) >= 11 is 1.46. The van der Waals surface area contributed by atoms with Crippen LogP contribution in [0.4, 0.5) is 5.82 Å². The van der Waals surface area contributed by atoms with Crippen LogP contribution in [0.2, 0.25) is 0 Å². The van der Waals surface area contributed by atoms with Crippen molar-refractivity contribution in [1.29, 1.82) is 0 Å². The number of hydrogen-bond acceptors (Lipinski definition) is 5. The first-order valence-corrected chi connectivity index (χ1v) is 7.02. The molecule has 1 amide bonds. The van der Waals surface area contributed by atoms with Crippen LogP contribution in [-0.2, 0) is 0 Å². The Hall–Kier alpha value is -2.34. The monoisotopic (exact) mass is 287 g/mol. The van der Waals surface area contributed by atoms with Gasteiger partial charge in [-0.25, -0.2) is 0 Å². The van der Waals surface area contributed by atoms with Gasteiger partial charge in [0, 0.05) is 18.5 Å². The molecule has 2 heterocycles. The molecular formula is C14H13N3O2S. The van der Waals surface area contributed by atoms with Gasteiger partial charge in [-0.2, -0.15) is 4.37 Å². The zero-order valence-corrected chi connectivity index (χ0v) is 11.4. The molecule has 20 heavy (non-hydrogen) atoms. The first kappa shape index (κ1) is 12.7. The van der Waals surface area contributed by atoms with E-state index in [1.165, 1.54) is 17.8 Å². The highest BCUT2D eigenvalue weighted by Crippen LogP contribution is 2.25. The number of hydrogen-bond donors (Lipinski definition) is 2. The lowest BCUT2D eigenvalue weighted by atomic mass is 10.2. The molecule has 3 aromatic rings. The van der Waals surface area contributed by atoms with E-state index in [2.05, 4.69) is 15.0 Å². The van der Waals surface area contributed by atoms with E-state index in [0.29, 0.717) is 18.8 Å². The maximum absolute atomic E-state index is 11.6. The number of fused-ring (bicyclic) bond motifs is 1. The van der Waals surface area contributed by atoms with Gasteiger partial charge in [-0.05, 0) is 35.8 Å². The largest absolute Gasteiger partial charge is 0.459 e. The highest BCUT2D eigenvalue weighted by molar-refractivity contribution is 7.13. The van der Waals surface area contributed by atoms with E-state index >= 15 is 0 Å². The number of rotatable bonds is 5.